The molecule has 0 spiro atoms. The second kappa shape index (κ2) is 54.7. The highest BCUT2D eigenvalue weighted by Gasteiger charge is 2.26. The molecule has 0 aromatic heterocycles. The topological polar surface area (TPSA) is 134 Å². The van der Waals surface area contributed by atoms with Crippen LogP contribution in [0.5, 0.6) is 0 Å². The highest BCUT2D eigenvalue weighted by atomic mass is 31.2. The van der Waals surface area contributed by atoms with Crippen LogP contribution in [0.15, 0.2) is 122 Å². The highest BCUT2D eigenvalue weighted by molar-refractivity contribution is 7.47. The average molecular weight is 994 g/mol. The first-order chi connectivity index (χ1) is 34.3. The van der Waals surface area contributed by atoms with Gasteiger partial charge in [0.15, 0.2) is 6.10 Å². The Morgan fingerprint density at radius 2 is 0.786 bits per heavy atom. The number of hydrogen-bond acceptors (Lipinski definition) is 8. The Bertz CT molecular complexity index is 1550. The van der Waals surface area contributed by atoms with Crippen molar-refractivity contribution in [2.24, 2.45) is 5.73 Å². The average Bonchev–Trinajstić information content (AvgIpc) is 3.35. The molecule has 10 heteroatoms. The lowest BCUT2D eigenvalue weighted by molar-refractivity contribution is -0.161. The Morgan fingerprint density at radius 1 is 0.443 bits per heavy atom. The fourth-order valence-electron chi connectivity index (χ4n) is 7.07. The lowest BCUT2D eigenvalue weighted by atomic mass is 10.0. The molecule has 398 valence electrons. The van der Waals surface area contributed by atoms with Crippen LogP contribution >= 0.6 is 7.82 Å². The molecule has 0 heterocycles. The summed E-state index contributed by atoms with van der Waals surface area (Å²) in [5.74, 6) is -0.843. The number of rotatable bonds is 50. The van der Waals surface area contributed by atoms with Gasteiger partial charge >= 0.3 is 19.8 Å². The Labute approximate surface area is 428 Å². The third kappa shape index (κ3) is 53.8. The zero-order valence-corrected chi connectivity index (χ0v) is 45.1. The van der Waals surface area contributed by atoms with Crippen molar-refractivity contribution < 1.29 is 37.6 Å². The minimum atomic E-state index is -4.38. The first-order valence-electron chi connectivity index (χ1n) is 27.5. The molecule has 0 aromatic carbocycles. The quantitative estimate of drug-likeness (QED) is 0.0264. The number of phosphoric acid groups is 1. The molecule has 0 radical (unpaired) electrons. The van der Waals surface area contributed by atoms with Crippen LogP contribution < -0.4 is 5.73 Å². The van der Waals surface area contributed by atoms with Crippen LogP contribution in [-0.4, -0.2) is 49.3 Å². The number of allylic oxidation sites excluding steroid dienone is 20. The summed E-state index contributed by atoms with van der Waals surface area (Å²) in [6, 6.07) is 0. The Balaban J connectivity index is 3.89. The van der Waals surface area contributed by atoms with E-state index < -0.39 is 32.5 Å². The van der Waals surface area contributed by atoms with Gasteiger partial charge in [-0.15, -0.1) is 0 Å². The number of hydrogen-bond donors (Lipinski definition) is 2. The summed E-state index contributed by atoms with van der Waals surface area (Å²) < 4.78 is 32.8. The maximum absolute atomic E-state index is 12.6. The third-order valence-corrected chi connectivity index (χ3v) is 12.1. The van der Waals surface area contributed by atoms with Gasteiger partial charge in [-0.05, 0) is 89.9 Å². The van der Waals surface area contributed by atoms with E-state index in [1.807, 2.05) is 0 Å². The smallest absolute Gasteiger partial charge is 0.462 e. The van der Waals surface area contributed by atoms with Crippen LogP contribution in [0, 0.1) is 0 Å². The molecule has 0 fully saturated rings. The van der Waals surface area contributed by atoms with E-state index in [-0.39, 0.29) is 32.6 Å². The summed E-state index contributed by atoms with van der Waals surface area (Å²) in [5, 5.41) is 0. The van der Waals surface area contributed by atoms with Crippen molar-refractivity contribution in [1.82, 2.24) is 0 Å². The normalized spacial score (nSPS) is 14.1. The van der Waals surface area contributed by atoms with E-state index in [9.17, 15) is 19.0 Å². The van der Waals surface area contributed by atoms with Gasteiger partial charge < -0.3 is 20.1 Å². The molecular weight excluding hydrogens is 894 g/mol. The monoisotopic (exact) mass is 994 g/mol. The first kappa shape index (κ1) is 66.4. The maximum Gasteiger partial charge on any atom is 0.472 e. The lowest BCUT2D eigenvalue weighted by Crippen LogP contribution is -2.29. The van der Waals surface area contributed by atoms with E-state index in [1.54, 1.807) is 0 Å². The van der Waals surface area contributed by atoms with Crippen molar-refractivity contribution in [3.05, 3.63) is 122 Å². The fraction of sp³-hybridized carbons (Fsp3) is 0.633. The minimum Gasteiger partial charge on any atom is -0.462 e. The maximum atomic E-state index is 12.6. The lowest BCUT2D eigenvalue weighted by Gasteiger charge is -2.19. The summed E-state index contributed by atoms with van der Waals surface area (Å²) in [6.07, 6.45) is 75.7. The summed E-state index contributed by atoms with van der Waals surface area (Å²) >= 11 is 0. The number of ether oxygens (including phenoxy) is 2. The van der Waals surface area contributed by atoms with E-state index in [0.717, 1.165) is 109 Å². The van der Waals surface area contributed by atoms with Crippen molar-refractivity contribution in [1.29, 1.82) is 0 Å². The third-order valence-electron chi connectivity index (χ3n) is 11.1. The minimum absolute atomic E-state index is 0.0487. The van der Waals surface area contributed by atoms with Gasteiger partial charge in [-0.3, -0.25) is 18.6 Å². The molecule has 70 heavy (non-hydrogen) atoms. The molecule has 0 aliphatic carbocycles. The number of phosphoric ester groups is 1. The number of carbonyl (C=O) groups excluding carboxylic acids is 2. The Kier molecular flexibility index (Phi) is 51.9. The molecule has 2 unspecified atom stereocenters. The predicted molar refractivity (Wildman–Crippen MR) is 297 cm³/mol. The molecule has 2 atom stereocenters. The molecule has 0 aliphatic rings. The van der Waals surface area contributed by atoms with Crippen LogP contribution in [0.1, 0.15) is 213 Å². The molecule has 0 rings (SSSR count). The molecule has 9 nitrogen and oxygen atoms in total. The van der Waals surface area contributed by atoms with Crippen molar-refractivity contribution in [3.63, 3.8) is 0 Å². The molecule has 0 bridgehead atoms. The van der Waals surface area contributed by atoms with Gasteiger partial charge in [-0.1, -0.05) is 232 Å². The predicted octanol–water partition coefficient (Wildman–Crippen LogP) is 17.2. The molecule has 0 aromatic rings. The molecular formula is C60H100NO8P. The van der Waals surface area contributed by atoms with Gasteiger partial charge in [0.05, 0.1) is 13.2 Å². The molecule has 0 aliphatic heterocycles. The van der Waals surface area contributed by atoms with Crippen molar-refractivity contribution in [2.75, 3.05) is 26.4 Å². The first-order valence-corrected chi connectivity index (χ1v) is 29.0. The number of esters is 2. The summed E-state index contributed by atoms with van der Waals surface area (Å²) in [6.45, 7) is 3.56. The zero-order chi connectivity index (χ0) is 51.0. The second-order valence-corrected chi connectivity index (χ2v) is 19.2. The Hall–Kier alpha value is -3.59. The van der Waals surface area contributed by atoms with Crippen LogP contribution in [-0.2, 0) is 32.7 Å². The van der Waals surface area contributed by atoms with E-state index in [0.29, 0.717) is 6.42 Å². The van der Waals surface area contributed by atoms with Crippen LogP contribution in [0.2, 0.25) is 0 Å². The van der Waals surface area contributed by atoms with E-state index in [2.05, 4.69) is 135 Å². The number of carbonyl (C=O) groups is 2. The number of unbranched alkanes of at least 4 members (excludes halogenated alkanes) is 17. The van der Waals surface area contributed by atoms with Gasteiger partial charge in [0.2, 0.25) is 0 Å². The van der Waals surface area contributed by atoms with Gasteiger partial charge in [0.1, 0.15) is 6.61 Å². The van der Waals surface area contributed by atoms with E-state index in [1.165, 1.54) is 70.6 Å². The van der Waals surface area contributed by atoms with Gasteiger partial charge in [-0.2, -0.15) is 0 Å². The number of nitrogens with two attached hydrogens (primary N) is 1. The Morgan fingerprint density at radius 3 is 1.17 bits per heavy atom. The molecule has 0 amide bonds. The van der Waals surface area contributed by atoms with Crippen molar-refractivity contribution in [2.45, 2.75) is 219 Å². The van der Waals surface area contributed by atoms with E-state index >= 15 is 0 Å². The second-order valence-electron chi connectivity index (χ2n) is 17.7. The summed E-state index contributed by atoms with van der Waals surface area (Å²) in [5.41, 5.74) is 5.35. The standard InChI is InChI=1S/C60H100NO8P/c1-3-5-7-9-11-13-14-15-16-17-18-19-20-21-22-23-24-25-26-27-28-29-30-31-32-33-34-35-36-37-38-39-40-41-42-43-44-45-47-49-51-53-60(63)69-58(57-68-70(64,65)67-55-54-61)56-66-59(62)52-50-48-46-12-10-8-6-4-2/h5,7,11,13,15-16,18-19,21-22,24-25,27-28,30-31,33-34,36-37,58H,3-4,6,8-10,12,14,17,20,23,26,29,32,35,38-57,61H2,1-2H3,(H,64,65)/b7-5-,13-11-,16-15-,19-18-,22-21-,25-24-,28-27-,31-30-,34-33-,37-36-. The zero-order valence-electron chi connectivity index (χ0n) is 44.2. The SMILES string of the molecule is CC/C=C\C/C=C\C/C=C\C/C=C\C/C=C\C/C=C\C/C=C\C/C=C\C/C=C\C/C=C\CCCCCCCCCCCCC(=O)OC(COC(=O)CCCCCCCCCC)COP(=O)(O)OCCN. The van der Waals surface area contributed by atoms with Crippen LogP contribution in [0.25, 0.3) is 0 Å². The molecule has 0 saturated carbocycles. The largest absolute Gasteiger partial charge is 0.472 e. The van der Waals surface area contributed by atoms with E-state index in [4.69, 9.17) is 24.3 Å². The molecule has 0 saturated heterocycles. The van der Waals surface area contributed by atoms with Crippen molar-refractivity contribution >= 4 is 19.8 Å². The van der Waals surface area contributed by atoms with Gasteiger partial charge in [-0.25, -0.2) is 4.57 Å². The fourth-order valence-corrected chi connectivity index (χ4v) is 7.84. The summed E-state index contributed by atoms with van der Waals surface area (Å²) in [7, 11) is -4.38. The molecule has 3 N–H and O–H groups in total. The highest BCUT2D eigenvalue weighted by Crippen LogP contribution is 2.43. The van der Waals surface area contributed by atoms with Crippen LogP contribution in [0.3, 0.4) is 0 Å². The van der Waals surface area contributed by atoms with Gasteiger partial charge in [0, 0.05) is 19.4 Å². The van der Waals surface area contributed by atoms with Crippen LogP contribution in [0.4, 0.5) is 0 Å². The van der Waals surface area contributed by atoms with Crippen molar-refractivity contribution in [3.8, 4) is 0 Å². The summed E-state index contributed by atoms with van der Waals surface area (Å²) in [4.78, 5) is 34.8. The van der Waals surface area contributed by atoms with Gasteiger partial charge in [0.25, 0.3) is 0 Å².